The van der Waals surface area contributed by atoms with Crippen LogP contribution in [0.3, 0.4) is 0 Å². The number of amides is 1. The standard InChI is InChI=1S/C18H31N5O/c1-20(2)11-12-23-17(24)5-7-18(23)6-4-9-22(10-8-18)14-16-13-19-15-21(16)3/h13,15H,4-12,14H2,1-3H3/t18-/m0/s1. The summed E-state index contributed by atoms with van der Waals surface area (Å²) in [5.74, 6) is 0.358. The summed E-state index contributed by atoms with van der Waals surface area (Å²) in [7, 11) is 6.21. The van der Waals surface area contributed by atoms with Crippen LogP contribution in [0, 0.1) is 0 Å². The summed E-state index contributed by atoms with van der Waals surface area (Å²) in [5.41, 5.74) is 1.37. The number of hydrogen-bond acceptors (Lipinski definition) is 4. The third kappa shape index (κ3) is 3.64. The molecule has 24 heavy (non-hydrogen) atoms. The van der Waals surface area contributed by atoms with Crippen LogP contribution in [0.15, 0.2) is 12.5 Å². The zero-order chi connectivity index (χ0) is 17.2. The smallest absolute Gasteiger partial charge is 0.223 e. The SMILES string of the molecule is CN(C)CCN1C(=O)CC[C@]12CCCN(Cc1cncn1C)CC2. The number of likely N-dealkylation sites (tertiary alicyclic amines) is 2. The quantitative estimate of drug-likeness (QED) is 0.815. The molecule has 0 unspecified atom stereocenters. The van der Waals surface area contributed by atoms with Crippen molar-refractivity contribution in [1.29, 1.82) is 0 Å². The number of aromatic nitrogens is 2. The Kier molecular flexibility index (Phi) is 5.25. The molecule has 134 valence electrons. The Morgan fingerprint density at radius 1 is 1.25 bits per heavy atom. The molecule has 2 aliphatic rings. The molecule has 3 rings (SSSR count). The van der Waals surface area contributed by atoms with Crippen LogP contribution in [0.25, 0.3) is 0 Å². The zero-order valence-corrected chi connectivity index (χ0v) is 15.4. The number of likely N-dealkylation sites (N-methyl/N-ethyl adjacent to an activating group) is 1. The Labute approximate surface area is 145 Å². The van der Waals surface area contributed by atoms with E-state index in [1.54, 1.807) is 0 Å². The molecule has 1 atom stereocenters. The topological polar surface area (TPSA) is 44.6 Å². The molecule has 2 aliphatic heterocycles. The molecule has 0 N–H and O–H groups in total. The highest BCUT2D eigenvalue weighted by molar-refractivity contribution is 5.79. The number of nitrogens with zero attached hydrogens (tertiary/aromatic N) is 5. The van der Waals surface area contributed by atoms with E-state index in [2.05, 4.69) is 45.4 Å². The molecule has 6 heteroatoms. The van der Waals surface area contributed by atoms with Gasteiger partial charge in [0.25, 0.3) is 0 Å². The minimum Gasteiger partial charge on any atom is -0.337 e. The van der Waals surface area contributed by atoms with Crippen LogP contribution >= 0.6 is 0 Å². The molecular weight excluding hydrogens is 302 g/mol. The predicted octanol–water partition coefficient (Wildman–Crippen LogP) is 1.33. The fourth-order valence-electron chi connectivity index (χ4n) is 4.21. The van der Waals surface area contributed by atoms with Gasteiger partial charge in [-0.2, -0.15) is 0 Å². The van der Waals surface area contributed by atoms with Gasteiger partial charge in [-0.15, -0.1) is 0 Å². The maximum Gasteiger partial charge on any atom is 0.223 e. The Hall–Kier alpha value is -1.40. The van der Waals surface area contributed by atoms with Crippen LogP contribution in [0.1, 0.15) is 37.8 Å². The molecule has 1 amide bonds. The molecular formula is C18H31N5O. The van der Waals surface area contributed by atoms with Crippen LogP contribution in [-0.2, 0) is 18.4 Å². The van der Waals surface area contributed by atoms with E-state index in [0.717, 1.165) is 58.4 Å². The molecule has 0 radical (unpaired) electrons. The summed E-state index contributed by atoms with van der Waals surface area (Å²) in [6.07, 6.45) is 9.02. The monoisotopic (exact) mass is 333 g/mol. The van der Waals surface area contributed by atoms with Gasteiger partial charge in [0.1, 0.15) is 0 Å². The van der Waals surface area contributed by atoms with Crippen LogP contribution in [0.5, 0.6) is 0 Å². The Balaban J connectivity index is 1.64. The molecule has 1 aromatic rings. The first-order chi connectivity index (χ1) is 11.5. The number of imidazole rings is 1. The van der Waals surface area contributed by atoms with Crippen molar-refractivity contribution in [2.45, 2.75) is 44.2 Å². The van der Waals surface area contributed by atoms with E-state index in [4.69, 9.17) is 0 Å². The van der Waals surface area contributed by atoms with Gasteiger partial charge in [-0.3, -0.25) is 9.69 Å². The van der Waals surface area contributed by atoms with Crippen molar-refractivity contribution < 1.29 is 4.79 Å². The fraction of sp³-hybridized carbons (Fsp3) is 0.778. The summed E-state index contributed by atoms with van der Waals surface area (Å²) in [6, 6.07) is 0. The fourth-order valence-corrected chi connectivity index (χ4v) is 4.21. The number of aryl methyl sites for hydroxylation is 1. The predicted molar refractivity (Wildman–Crippen MR) is 94.6 cm³/mol. The Morgan fingerprint density at radius 3 is 2.79 bits per heavy atom. The van der Waals surface area contributed by atoms with E-state index in [-0.39, 0.29) is 5.54 Å². The minimum atomic E-state index is 0.105. The van der Waals surface area contributed by atoms with E-state index in [9.17, 15) is 4.79 Å². The summed E-state index contributed by atoms with van der Waals surface area (Å²) in [6.45, 7) is 4.96. The Morgan fingerprint density at radius 2 is 2.08 bits per heavy atom. The highest BCUT2D eigenvalue weighted by Gasteiger charge is 2.45. The molecule has 3 heterocycles. The first-order valence-electron chi connectivity index (χ1n) is 9.13. The number of carbonyl (C=O) groups is 1. The second kappa shape index (κ2) is 7.23. The summed E-state index contributed by atoms with van der Waals surface area (Å²) in [4.78, 5) is 23.6. The maximum atomic E-state index is 12.4. The molecule has 0 saturated carbocycles. The van der Waals surface area contributed by atoms with Crippen LogP contribution in [0.4, 0.5) is 0 Å². The van der Waals surface area contributed by atoms with Gasteiger partial charge in [-0.25, -0.2) is 4.98 Å². The second-order valence-corrected chi connectivity index (χ2v) is 7.70. The van der Waals surface area contributed by atoms with Crippen molar-refractivity contribution >= 4 is 5.91 Å². The molecule has 2 fully saturated rings. The van der Waals surface area contributed by atoms with Gasteiger partial charge < -0.3 is 14.4 Å². The van der Waals surface area contributed by atoms with Gasteiger partial charge in [0.05, 0.1) is 12.0 Å². The highest BCUT2D eigenvalue weighted by atomic mass is 16.2. The average Bonchev–Trinajstić information content (AvgIpc) is 2.99. The van der Waals surface area contributed by atoms with Crippen molar-refractivity contribution in [1.82, 2.24) is 24.3 Å². The van der Waals surface area contributed by atoms with Crippen LogP contribution in [0.2, 0.25) is 0 Å². The van der Waals surface area contributed by atoms with Crippen molar-refractivity contribution in [3.63, 3.8) is 0 Å². The van der Waals surface area contributed by atoms with Crippen LogP contribution in [-0.4, -0.2) is 76.0 Å². The number of carbonyl (C=O) groups excluding carboxylic acids is 1. The lowest BCUT2D eigenvalue weighted by Gasteiger charge is -2.39. The third-order valence-corrected chi connectivity index (χ3v) is 5.76. The minimum absolute atomic E-state index is 0.105. The molecule has 1 spiro atoms. The number of rotatable bonds is 5. The van der Waals surface area contributed by atoms with Gasteiger partial charge in [0.2, 0.25) is 5.91 Å². The van der Waals surface area contributed by atoms with E-state index in [1.807, 2.05) is 12.5 Å². The van der Waals surface area contributed by atoms with Crippen molar-refractivity contribution in [2.75, 3.05) is 40.3 Å². The molecule has 0 aliphatic carbocycles. The van der Waals surface area contributed by atoms with Crippen molar-refractivity contribution in [2.24, 2.45) is 7.05 Å². The van der Waals surface area contributed by atoms with E-state index in [1.165, 1.54) is 12.1 Å². The molecule has 2 saturated heterocycles. The maximum absolute atomic E-state index is 12.4. The highest BCUT2D eigenvalue weighted by Crippen LogP contribution is 2.39. The van der Waals surface area contributed by atoms with Gasteiger partial charge in [-0.1, -0.05) is 0 Å². The van der Waals surface area contributed by atoms with Gasteiger partial charge in [0.15, 0.2) is 0 Å². The first kappa shape index (κ1) is 17.4. The lowest BCUT2D eigenvalue weighted by molar-refractivity contribution is -0.131. The number of hydrogen-bond donors (Lipinski definition) is 0. The molecule has 0 aromatic carbocycles. The van der Waals surface area contributed by atoms with Gasteiger partial charge >= 0.3 is 0 Å². The van der Waals surface area contributed by atoms with E-state index < -0.39 is 0 Å². The van der Waals surface area contributed by atoms with Gasteiger partial charge in [0, 0.05) is 51.4 Å². The second-order valence-electron chi connectivity index (χ2n) is 7.70. The Bertz CT molecular complexity index is 570. The first-order valence-corrected chi connectivity index (χ1v) is 9.13. The van der Waals surface area contributed by atoms with Gasteiger partial charge in [-0.05, 0) is 46.3 Å². The summed E-state index contributed by atoms with van der Waals surface area (Å²) >= 11 is 0. The van der Waals surface area contributed by atoms with Crippen molar-refractivity contribution in [3.05, 3.63) is 18.2 Å². The summed E-state index contributed by atoms with van der Waals surface area (Å²) < 4.78 is 2.10. The zero-order valence-electron chi connectivity index (χ0n) is 15.4. The molecule has 1 aromatic heterocycles. The summed E-state index contributed by atoms with van der Waals surface area (Å²) in [5, 5.41) is 0. The molecule has 0 bridgehead atoms. The third-order valence-electron chi connectivity index (χ3n) is 5.76. The largest absolute Gasteiger partial charge is 0.337 e. The lowest BCUT2D eigenvalue weighted by Crippen LogP contribution is -2.48. The normalized spacial score (nSPS) is 25.8. The van der Waals surface area contributed by atoms with Crippen molar-refractivity contribution in [3.8, 4) is 0 Å². The van der Waals surface area contributed by atoms with E-state index in [0.29, 0.717) is 5.91 Å². The van der Waals surface area contributed by atoms with E-state index >= 15 is 0 Å². The average molecular weight is 333 g/mol. The lowest BCUT2D eigenvalue weighted by atomic mass is 9.87. The molecule has 6 nitrogen and oxygen atoms in total. The van der Waals surface area contributed by atoms with Crippen LogP contribution < -0.4 is 0 Å².